The molecule has 1 saturated heterocycles. The van der Waals surface area contributed by atoms with Gasteiger partial charge in [-0.15, -0.1) is 0 Å². The van der Waals surface area contributed by atoms with E-state index in [1.165, 1.54) is 12.5 Å². The zero-order valence-corrected chi connectivity index (χ0v) is 14.0. The summed E-state index contributed by atoms with van der Waals surface area (Å²) >= 11 is 0. The highest BCUT2D eigenvalue weighted by Gasteiger charge is 2.31. The summed E-state index contributed by atoms with van der Waals surface area (Å²) in [5.41, 5.74) is 0.504. The number of amides is 1. The molecule has 0 aliphatic carbocycles. The predicted octanol–water partition coefficient (Wildman–Crippen LogP) is 2.49. The highest BCUT2D eigenvalue weighted by molar-refractivity contribution is 5.94. The number of carbonyl (C=O) groups excluding carboxylic acids is 1. The van der Waals surface area contributed by atoms with E-state index in [1.807, 2.05) is 12.1 Å². The fourth-order valence-electron chi connectivity index (χ4n) is 2.84. The van der Waals surface area contributed by atoms with E-state index >= 15 is 0 Å². The number of aromatic nitrogens is 2. The van der Waals surface area contributed by atoms with Gasteiger partial charge in [0.25, 0.3) is 5.91 Å². The van der Waals surface area contributed by atoms with E-state index in [4.69, 9.17) is 13.6 Å². The maximum Gasteiger partial charge on any atom is 0.257 e. The standard InChI is InChI=1S/C18H18N4O4/c23-18(13-4-8-24-11-13)22-6-9-25-12-15(22)17-19-5-3-16(21-17)20-10-14-2-1-7-26-14/h1-5,7-8,11,15H,6,9-10,12H2,(H,19,20,21)/t15-/m0/s1. The van der Waals surface area contributed by atoms with Gasteiger partial charge in [0.2, 0.25) is 0 Å². The van der Waals surface area contributed by atoms with Gasteiger partial charge in [-0.05, 0) is 24.3 Å². The first-order valence-corrected chi connectivity index (χ1v) is 8.31. The quantitative estimate of drug-likeness (QED) is 0.752. The minimum Gasteiger partial charge on any atom is -0.472 e. The van der Waals surface area contributed by atoms with Crippen molar-refractivity contribution in [2.75, 3.05) is 25.1 Å². The molecule has 0 saturated carbocycles. The van der Waals surface area contributed by atoms with Crippen LogP contribution in [0.2, 0.25) is 0 Å². The van der Waals surface area contributed by atoms with Gasteiger partial charge in [-0.3, -0.25) is 4.79 Å². The molecule has 1 aliphatic heterocycles. The number of furan rings is 2. The molecule has 1 aliphatic rings. The Balaban J connectivity index is 1.52. The van der Waals surface area contributed by atoms with Crippen LogP contribution in [0.3, 0.4) is 0 Å². The Morgan fingerprint density at radius 2 is 2.27 bits per heavy atom. The first kappa shape index (κ1) is 16.3. The van der Waals surface area contributed by atoms with Crippen LogP contribution < -0.4 is 5.32 Å². The summed E-state index contributed by atoms with van der Waals surface area (Å²) in [5.74, 6) is 1.88. The highest BCUT2D eigenvalue weighted by atomic mass is 16.5. The number of nitrogens with one attached hydrogen (secondary N) is 1. The molecular formula is C18H18N4O4. The average Bonchev–Trinajstić information content (AvgIpc) is 3.40. The van der Waals surface area contributed by atoms with E-state index in [-0.39, 0.29) is 11.9 Å². The molecule has 3 aromatic rings. The minimum absolute atomic E-state index is 0.121. The molecule has 1 amide bonds. The fraction of sp³-hybridized carbons (Fsp3) is 0.278. The topological polar surface area (TPSA) is 93.6 Å². The zero-order valence-electron chi connectivity index (χ0n) is 14.0. The van der Waals surface area contributed by atoms with Crippen LogP contribution in [-0.2, 0) is 11.3 Å². The van der Waals surface area contributed by atoms with Crippen molar-refractivity contribution in [1.82, 2.24) is 14.9 Å². The molecule has 0 radical (unpaired) electrons. The molecule has 0 bridgehead atoms. The van der Waals surface area contributed by atoms with E-state index in [0.29, 0.717) is 43.5 Å². The third kappa shape index (κ3) is 3.45. The lowest BCUT2D eigenvalue weighted by molar-refractivity contribution is -0.00522. The molecule has 8 heteroatoms. The number of ether oxygens (including phenoxy) is 1. The molecule has 1 N–H and O–H groups in total. The first-order valence-electron chi connectivity index (χ1n) is 8.31. The minimum atomic E-state index is -0.350. The summed E-state index contributed by atoms with van der Waals surface area (Å²) < 4.78 is 15.9. The summed E-state index contributed by atoms with van der Waals surface area (Å²) in [6, 6.07) is 6.79. The molecule has 1 atom stereocenters. The van der Waals surface area contributed by atoms with Crippen molar-refractivity contribution in [3.63, 3.8) is 0 Å². The molecule has 0 aromatic carbocycles. The van der Waals surface area contributed by atoms with Crippen LogP contribution in [0, 0.1) is 0 Å². The van der Waals surface area contributed by atoms with Gasteiger partial charge in [-0.25, -0.2) is 9.97 Å². The van der Waals surface area contributed by atoms with E-state index in [2.05, 4.69) is 15.3 Å². The Morgan fingerprint density at radius 3 is 3.08 bits per heavy atom. The maximum absolute atomic E-state index is 12.7. The second-order valence-electron chi connectivity index (χ2n) is 5.83. The normalized spacial score (nSPS) is 17.2. The van der Waals surface area contributed by atoms with Crippen molar-refractivity contribution in [1.29, 1.82) is 0 Å². The largest absolute Gasteiger partial charge is 0.472 e. The third-order valence-corrected chi connectivity index (χ3v) is 4.15. The van der Waals surface area contributed by atoms with Gasteiger partial charge in [0, 0.05) is 12.7 Å². The van der Waals surface area contributed by atoms with Crippen molar-refractivity contribution < 1.29 is 18.4 Å². The number of morpholine rings is 1. The number of anilines is 1. The van der Waals surface area contributed by atoms with Crippen LogP contribution in [0.15, 0.2) is 58.1 Å². The van der Waals surface area contributed by atoms with Crippen LogP contribution >= 0.6 is 0 Å². The van der Waals surface area contributed by atoms with Crippen LogP contribution in [0.5, 0.6) is 0 Å². The molecule has 134 valence electrons. The van der Waals surface area contributed by atoms with Crippen molar-refractivity contribution in [2.45, 2.75) is 12.6 Å². The summed E-state index contributed by atoms with van der Waals surface area (Å²) in [7, 11) is 0. The smallest absolute Gasteiger partial charge is 0.257 e. The number of carbonyl (C=O) groups is 1. The summed E-state index contributed by atoms with van der Waals surface area (Å²) in [6.45, 7) is 1.83. The second-order valence-corrected chi connectivity index (χ2v) is 5.83. The van der Waals surface area contributed by atoms with Crippen LogP contribution in [0.1, 0.15) is 28.0 Å². The lowest BCUT2D eigenvalue weighted by Crippen LogP contribution is -2.44. The van der Waals surface area contributed by atoms with Crippen LogP contribution in [0.4, 0.5) is 5.82 Å². The maximum atomic E-state index is 12.7. The van der Waals surface area contributed by atoms with Gasteiger partial charge in [-0.2, -0.15) is 0 Å². The molecule has 1 fully saturated rings. The van der Waals surface area contributed by atoms with Gasteiger partial charge < -0.3 is 23.8 Å². The highest BCUT2D eigenvalue weighted by Crippen LogP contribution is 2.24. The Kier molecular flexibility index (Phi) is 4.65. The molecule has 3 aromatic heterocycles. The lowest BCUT2D eigenvalue weighted by Gasteiger charge is -2.34. The number of hydrogen-bond donors (Lipinski definition) is 1. The summed E-state index contributed by atoms with van der Waals surface area (Å²) in [5, 5.41) is 3.19. The van der Waals surface area contributed by atoms with Gasteiger partial charge in [0.15, 0.2) is 5.82 Å². The van der Waals surface area contributed by atoms with Crippen molar-refractivity contribution in [2.24, 2.45) is 0 Å². The molecule has 0 spiro atoms. The molecule has 8 nitrogen and oxygen atoms in total. The predicted molar refractivity (Wildman–Crippen MR) is 91.4 cm³/mol. The molecular weight excluding hydrogens is 336 g/mol. The van der Waals surface area contributed by atoms with Crippen molar-refractivity contribution in [3.05, 3.63) is 66.4 Å². The van der Waals surface area contributed by atoms with Gasteiger partial charge in [-0.1, -0.05) is 0 Å². The van der Waals surface area contributed by atoms with E-state index < -0.39 is 0 Å². The van der Waals surface area contributed by atoms with Crippen molar-refractivity contribution >= 4 is 11.7 Å². The molecule has 4 rings (SSSR count). The first-order chi connectivity index (χ1) is 12.8. The van der Waals surface area contributed by atoms with E-state index in [1.54, 1.807) is 29.5 Å². The van der Waals surface area contributed by atoms with Crippen molar-refractivity contribution in [3.8, 4) is 0 Å². The Labute approximate surface area is 149 Å². The second kappa shape index (κ2) is 7.40. The van der Waals surface area contributed by atoms with Gasteiger partial charge in [0.05, 0.1) is 37.8 Å². The number of rotatable bonds is 5. The van der Waals surface area contributed by atoms with E-state index in [0.717, 1.165) is 5.76 Å². The number of nitrogens with zero attached hydrogens (tertiary/aromatic N) is 3. The average molecular weight is 354 g/mol. The van der Waals surface area contributed by atoms with Gasteiger partial charge in [0.1, 0.15) is 23.9 Å². The molecule has 0 unspecified atom stereocenters. The third-order valence-electron chi connectivity index (χ3n) is 4.15. The lowest BCUT2D eigenvalue weighted by atomic mass is 10.1. The zero-order chi connectivity index (χ0) is 17.8. The monoisotopic (exact) mass is 354 g/mol. The summed E-state index contributed by atoms with van der Waals surface area (Å²) in [4.78, 5) is 23.4. The summed E-state index contributed by atoms with van der Waals surface area (Å²) in [6.07, 6.45) is 6.22. The Bertz CT molecular complexity index is 848. The Morgan fingerprint density at radius 1 is 1.31 bits per heavy atom. The number of hydrogen-bond acceptors (Lipinski definition) is 7. The fourth-order valence-corrected chi connectivity index (χ4v) is 2.84. The van der Waals surface area contributed by atoms with Gasteiger partial charge >= 0.3 is 0 Å². The van der Waals surface area contributed by atoms with Crippen LogP contribution in [0.25, 0.3) is 0 Å². The SMILES string of the molecule is O=C(c1ccoc1)N1CCOC[C@H]1c1nccc(NCc2ccco2)n1. The van der Waals surface area contributed by atoms with E-state index in [9.17, 15) is 4.79 Å². The molecule has 26 heavy (non-hydrogen) atoms. The molecule has 4 heterocycles. The van der Waals surface area contributed by atoms with Crippen LogP contribution in [-0.4, -0.2) is 40.5 Å². The Hall–Kier alpha value is -3.13.